The van der Waals surface area contributed by atoms with Crippen LogP contribution >= 0.6 is 0 Å². The molecule has 0 unspecified atom stereocenters. The molecule has 2 atom stereocenters. The topological polar surface area (TPSA) is 67.9 Å². The first kappa shape index (κ1) is 22.3. The lowest BCUT2D eigenvalue weighted by Crippen LogP contribution is -2.46. The van der Waals surface area contributed by atoms with Crippen LogP contribution in [-0.2, 0) is 9.59 Å². The normalized spacial score (nSPS) is 18.0. The fourth-order valence-corrected chi connectivity index (χ4v) is 4.16. The van der Waals surface area contributed by atoms with Crippen LogP contribution in [0.2, 0.25) is 0 Å². The minimum absolute atomic E-state index is 0.0631. The van der Waals surface area contributed by atoms with Crippen LogP contribution in [-0.4, -0.2) is 26.0 Å². The highest BCUT2D eigenvalue weighted by Gasteiger charge is 2.41. The van der Waals surface area contributed by atoms with Gasteiger partial charge in [0.25, 0.3) is 0 Å². The molecule has 170 valence electrons. The summed E-state index contributed by atoms with van der Waals surface area (Å²) >= 11 is 0. The summed E-state index contributed by atoms with van der Waals surface area (Å²) < 4.78 is 23.8. The van der Waals surface area contributed by atoms with Crippen molar-refractivity contribution in [2.24, 2.45) is 5.92 Å². The molecule has 1 heterocycles. The lowest BCUT2D eigenvalue weighted by molar-refractivity contribution is -0.125. The van der Waals surface area contributed by atoms with Crippen LogP contribution in [0.15, 0.2) is 72.8 Å². The Morgan fingerprint density at radius 1 is 0.909 bits per heavy atom. The van der Waals surface area contributed by atoms with E-state index in [0.29, 0.717) is 29.3 Å². The van der Waals surface area contributed by atoms with Crippen LogP contribution in [0.1, 0.15) is 24.4 Å². The monoisotopic (exact) mass is 448 g/mol. The van der Waals surface area contributed by atoms with Gasteiger partial charge in [0.2, 0.25) is 11.8 Å². The number of carbonyl (C=O) groups is 2. The van der Waals surface area contributed by atoms with Gasteiger partial charge in [0.1, 0.15) is 17.3 Å². The van der Waals surface area contributed by atoms with Crippen molar-refractivity contribution in [1.82, 2.24) is 0 Å². The molecule has 0 saturated carbocycles. The van der Waals surface area contributed by atoms with Crippen molar-refractivity contribution in [2.75, 3.05) is 24.4 Å². The third-order valence-corrected chi connectivity index (χ3v) is 5.85. The summed E-state index contributed by atoms with van der Waals surface area (Å²) in [6, 6.07) is 19.7. The molecule has 1 aliphatic rings. The number of rotatable bonds is 6. The second-order valence-electron chi connectivity index (χ2n) is 7.82. The van der Waals surface area contributed by atoms with Gasteiger partial charge in [-0.2, -0.15) is 0 Å². The molecular weight excluding hydrogens is 423 g/mol. The van der Waals surface area contributed by atoms with E-state index >= 15 is 0 Å². The molecule has 7 heteroatoms. The molecule has 1 aliphatic heterocycles. The lowest BCUT2D eigenvalue weighted by atomic mass is 9.83. The Hall–Kier alpha value is -3.87. The summed E-state index contributed by atoms with van der Waals surface area (Å²) in [7, 11) is 3.17. The van der Waals surface area contributed by atoms with E-state index in [1.807, 2.05) is 36.4 Å². The Morgan fingerprint density at radius 2 is 1.48 bits per heavy atom. The van der Waals surface area contributed by atoms with Crippen molar-refractivity contribution < 1.29 is 23.5 Å². The molecule has 3 aromatic carbocycles. The van der Waals surface area contributed by atoms with Gasteiger partial charge in [0.05, 0.1) is 26.2 Å². The van der Waals surface area contributed by atoms with Crippen molar-refractivity contribution in [2.45, 2.75) is 18.9 Å². The summed E-state index contributed by atoms with van der Waals surface area (Å²) in [5, 5.41) is 2.88. The van der Waals surface area contributed by atoms with E-state index in [1.165, 1.54) is 24.3 Å². The van der Waals surface area contributed by atoms with Crippen molar-refractivity contribution in [3.8, 4) is 11.5 Å². The van der Waals surface area contributed by atoms with Gasteiger partial charge in [-0.15, -0.1) is 0 Å². The molecule has 3 aromatic rings. The zero-order chi connectivity index (χ0) is 23.4. The minimum atomic E-state index is -0.522. The number of amides is 2. The number of carbonyl (C=O) groups excluding carboxylic acids is 2. The lowest BCUT2D eigenvalue weighted by Gasteiger charge is -2.41. The number of nitrogens with one attached hydrogen (secondary N) is 1. The highest BCUT2D eigenvalue weighted by molar-refractivity contribution is 6.00. The minimum Gasteiger partial charge on any atom is -0.497 e. The van der Waals surface area contributed by atoms with Gasteiger partial charge < -0.3 is 19.7 Å². The molecule has 1 saturated heterocycles. The molecule has 0 aromatic heterocycles. The number of piperidine rings is 1. The van der Waals surface area contributed by atoms with Crippen LogP contribution in [0.4, 0.5) is 15.8 Å². The zero-order valence-electron chi connectivity index (χ0n) is 18.5. The number of ether oxygens (including phenoxy) is 2. The molecule has 33 heavy (non-hydrogen) atoms. The maximum atomic E-state index is 13.4. The largest absolute Gasteiger partial charge is 0.497 e. The van der Waals surface area contributed by atoms with Gasteiger partial charge in [-0.05, 0) is 72.6 Å². The molecule has 6 nitrogen and oxygen atoms in total. The van der Waals surface area contributed by atoms with E-state index < -0.39 is 12.0 Å². The molecular formula is C26H25FN2O4. The number of hydrogen-bond acceptors (Lipinski definition) is 4. The van der Waals surface area contributed by atoms with E-state index in [4.69, 9.17) is 9.47 Å². The number of benzene rings is 3. The van der Waals surface area contributed by atoms with Crippen LogP contribution in [0.3, 0.4) is 0 Å². The molecule has 1 fully saturated rings. The molecule has 4 rings (SSSR count). The smallest absolute Gasteiger partial charge is 0.229 e. The van der Waals surface area contributed by atoms with Gasteiger partial charge >= 0.3 is 0 Å². The second-order valence-corrected chi connectivity index (χ2v) is 7.82. The van der Waals surface area contributed by atoms with Gasteiger partial charge in [-0.3, -0.25) is 9.59 Å². The highest BCUT2D eigenvalue weighted by Crippen LogP contribution is 2.41. The Balaban J connectivity index is 1.72. The first-order valence-electron chi connectivity index (χ1n) is 10.7. The van der Waals surface area contributed by atoms with Crippen molar-refractivity contribution >= 4 is 23.2 Å². The zero-order valence-corrected chi connectivity index (χ0v) is 18.5. The maximum Gasteiger partial charge on any atom is 0.229 e. The van der Waals surface area contributed by atoms with Crippen molar-refractivity contribution in [3.63, 3.8) is 0 Å². The van der Waals surface area contributed by atoms with Gasteiger partial charge in [0, 0.05) is 17.8 Å². The first-order valence-corrected chi connectivity index (χ1v) is 10.7. The standard InChI is InChI=1S/C26H25FN2O4/c1-32-21-11-3-17(4-12-21)25-23(26(31)28-19-7-5-18(27)6-8-19)15-16-24(30)29(25)20-9-13-22(33-2)14-10-20/h3-14,23,25H,15-16H2,1-2H3,(H,28,31)/t23-,25+/m1/s1. The quantitative estimate of drug-likeness (QED) is 0.578. The van der Waals surface area contributed by atoms with E-state index in [-0.39, 0.29) is 24.1 Å². The Bertz CT molecular complexity index is 1110. The molecule has 1 N–H and O–H groups in total. The fraction of sp³-hybridized carbons (Fsp3) is 0.231. The summed E-state index contributed by atoms with van der Waals surface area (Å²) in [4.78, 5) is 28.2. The van der Waals surface area contributed by atoms with E-state index in [0.717, 1.165) is 5.56 Å². The van der Waals surface area contributed by atoms with Crippen molar-refractivity contribution in [1.29, 1.82) is 0 Å². The summed E-state index contributed by atoms with van der Waals surface area (Å²) in [5.74, 6) is 0.181. The van der Waals surface area contributed by atoms with Crippen molar-refractivity contribution in [3.05, 3.63) is 84.2 Å². The average molecular weight is 448 g/mol. The number of anilines is 2. The summed E-state index contributed by atoms with van der Waals surface area (Å²) in [5.41, 5.74) is 2.00. The van der Waals surface area contributed by atoms with E-state index in [9.17, 15) is 14.0 Å². The maximum absolute atomic E-state index is 13.4. The Kier molecular flexibility index (Phi) is 6.58. The third-order valence-electron chi connectivity index (χ3n) is 5.85. The average Bonchev–Trinajstić information content (AvgIpc) is 2.85. The van der Waals surface area contributed by atoms with Crippen LogP contribution < -0.4 is 19.7 Å². The van der Waals surface area contributed by atoms with Crippen LogP contribution in [0.25, 0.3) is 0 Å². The Labute approximate surface area is 191 Å². The SMILES string of the molecule is COc1ccc([C@H]2[C@H](C(=O)Nc3ccc(F)cc3)CCC(=O)N2c2ccc(OC)cc2)cc1. The number of nitrogens with zero attached hydrogens (tertiary/aromatic N) is 1. The fourth-order valence-electron chi connectivity index (χ4n) is 4.16. The van der Waals surface area contributed by atoms with Crippen LogP contribution in [0, 0.1) is 11.7 Å². The van der Waals surface area contributed by atoms with E-state index in [2.05, 4.69) is 5.32 Å². The molecule has 2 amide bonds. The Morgan fingerprint density at radius 3 is 2.06 bits per heavy atom. The predicted molar refractivity (Wildman–Crippen MR) is 124 cm³/mol. The molecule has 0 bridgehead atoms. The van der Waals surface area contributed by atoms with Gasteiger partial charge in [-0.25, -0.2) is 4.39 Å². The summed E-state index contributed by atoms with van der Waals surface area (Å²) in [6.45, 7) is 0. The van der Waals surface area contributed by atoms with E-state index in [1.54, 1.807) is 31.3 Å². The first-order chi connectivity index (χ1) is 16.0. The number of methoxy groups -OCH3 is 2. The number of halogens is 1. The highest BCUT2D eigenvalue weighted by atomic mass is 19.1. The van der Waals surface area contributed by atoms with Crippen LogP contribution in [0.5, 0.6) is 11.5 Å². The van der Waals surface area contributed by atoms with Gasteiger partial charge in [-0.1, -0.05) is 12.1 Å². The number of hydrogen-bond donors (Lipinski definition) is 1. The molecule has 0 spiro atoms. The summed E-state index contributed by atoms with van der Waals surface area (Å²) in [6.07, 6.45) is 0.634. The third kappa shape index (κ3) is 4.82. The molecule has 0 radical (unpaired) electrons. The van der Waals surface area contributed by atoms with Gasteiger partial charge in [0.15, 0.2) is 0 Å². The molecule has 0 aliphatic carbocycles. The predicted octanol–water partition coefficient (Wildman–Crippen LogP) is 4.97. The second kappa shape index (κ2) is 9.73.